The Bertz CT molecular complexity index is 249. The van der Waals surface area contributed by atoms with Crippen molar-refractivity contribution in [3.63, 3.8) is 0 Å². The number of hydrogen-bond acceptors (Lipinski definition) is 3. The average molecular weight is 225 g/mol. The van der Waals surface area contributed by atoms with Crippen LogP contribution in [0.15, 0.2) is 0 Å². The second kappa shape index (κ2) is 5.15. The standard InChI is InChI=1S/C12H23N3O/c1-14-6-2-3-10(9-14)12(16)15-7-4-11(13)5-8-15/h10-11H,2-9,13H2,1H3. The van der Waals surface area contributed by atoms with E-state index in [4.69, 9.17) is 5.73 Å². The van der Waals surface area contributed by atoms with Crippen molar-refractivity contribution in [2.24, 2.45) is 11.7 Å². The van der Waals surface area contributed by atoms with Crippen molar-refractivity contribution in [1.82, 2.24) is 9.80 Å². The van der Waals surface area contributed by atoms with Gasteiger partial charge >= 0.3 is 0 Å². The van der Waals surface area contributed by atoms with E-state index in [-0.39, 0.29) is 5.92 Å². The smallest absolute Gasteiger partial charge is 0.226 e. The Balaban J connectivity index is 1.86. The lowest BCUT2D eigenvalue weighted by molar-refractivity contribution is -0.138. The van der Waals surface area contributed by atoms with Crippen LogP contribution in [0, 0.1) is 5.92 Å². The molecular weight excluding hydrogens is 202 g/mol. The maximum absolute atomic E-state index is 12.3. The molecule has 4 nitrogen and oxygen atoms in total. The Hall–Kier alpha value is -0.610. The zero-order valence-corrected chi connectivity index (χ0v) is 10.2. The highest BCUT2D eigenvalue weighted by Gasteiger charge is 2.29. The van der Waals surface area contributed by atoms with Gasteiger partial charge in [0.25, 0.3) is 0 Å². The largest absolute Gasteiger partial charge is 0.342 e. The summed E-state index contributed by atoms with van der Waals surface area (Å²) in [5, 5.41) is 0. The lowest BCUT2D eigenvalue weighted by atomic mass is 9.95. The molecule has 1 unspecified atom stereocenters. The van der Waals surface area contributed by atoms with Gasteiger partial charge in [0.2, 0.25) is 5.91 Å². The molecule has 2 fully saturated rings. The first-order valence-electron chi connectivity index (χ1n) is 6.39. The van der Waals surface area contributed by atoms with Gasteiger partial charge in [-0.05, 0) is 39.3 Å². The van der Waals surface area contributed by atoms with E-state index in [1.54, 1.807) is 0 Å². The van der Waals surface area contributed by atoms with Crippen LogP contribution in [0.1, 0.15) is 25.7 Å². The van der Waals surface area contributed by atoms with Crippen molar-refractivity contribution in [1.29, 1.82) is 0 Å². The highest BCUT2D eigenvalue weighted by molar-refractivity contribution is 5.79. The summed E-state index contributed by atoms with van der Waals surface area (Å²) in [6, 6.07) is 0.304. The van der Waals surface area contributed by atoms with E-state index in [0.717, 1.165) is 51.9 Å². The Kier molecular flexibility index (Phi) is 3.82. The van der Waals surface area contributed by atoms with E-state index in [2.05, 4.69) is 11.9 Å². The SMILES string of the molecule is CN1CCCC(C(=O)N2CCC(N)CC2)C1. The molecule has 0 aliphatic carbocycles. The minimum absolute atomic E-state index is 0.230. The molecule has 0 aromatic heterocycles. The first-order valence-corrected chi connectivity index (χ1v) is 6.39. The number of nitrogens with zero attached hydrogens (tertiary/aromatic N) is 2. The third kappa shape index (κ3) is 2.74. The molecule has 4 heteroatoms. The first-order chi connectivity index (χ1) is 7.66. The van der Waals surface area contributed by atoms with Crippen LogP contribution in [0.5, 0.6) is 0 Å². The maximum Gasteiger partial charge on any atom is 0.226 e. The Morgan fingerprint density at radius 2 is 1.88 bits per heavy atom. The Morgan fingerprint density at radius 3 is 2.50 bits per heavy atom. The molecule has 2 saturated heterocycles. The summed E-state index contributed by atoms with van der Waals surface area (Å²) in [5.74, 6) is 0.589. The summed E-state index contributed by atoms with van der Waals surface area (Å²) >= 11 is 0. The lowest BCUT2D eigenvalue weighted by Crippen LogP contribution is -2.48. The molecule has 2 aliphatic rings. The van der Waals surface area contributed by atoms with Gasteiger partial charge in [-0.25, -0.2) is 0 Å². The van der Waals surface area contributed by atoms with Crippen LogP contribution in [-0.4, -0.2) is 55.0 Å². The number of carbonyl (C=O) groups is 1. The Labute approximate surface area is 97.8 Å². The van der Waals surface area contributed by atoms with Crippen molar-refractivity contribution in [2.75, 3.05) is 33.2 Å². The van der Waals surface area contributed by atoms with Gasteiger partial charge in [0.15, 0.2) is 0 Å². The van der Waals surface area contributed by atoms with Crippen molar-refractivity contribution in [3.05, 3.63) is 0 Å². The predicted octanol–water partition coefficient (Wildman–Crippen LogP) is 0.278. The van der Waals surface area contributed by atoms with E-state index in [9.17, 15) is 4.79 Å². The zero-order chi connectivity index (χ0) is 11.5. The van der Waals surface area contributed by atoms with Crippen LogP contribution < -0.4 is 5.73 Å². The van der Waals surface area contributed by atoms with Crippen LogP contribution in [-0.2, 0) is 4.79 Å². The summed E-state index contributed by atoms with van der Waals surface area (Å²) in [7, 11) is 2.10. The second-order valence-corrected chi connectivity index (χ2v) is 5.26. The molecule has 0 aromatic carbocycles. The predicted molar refractivity (Wildman–Crippen MR) is 64.0 cm³/mol. The third-order valence-corrected chi connectivity index (χ3v) is 3.83. The van der Waals surface area contributed by atoms with Crippen LogP contribution in [0.2, 0.25) is 0 Å². The molecule has 2 heterocycles. The molecule has 1 atom stereocenters. The molecular formula is C12H23N3O. The third-order valence-electron chi connectivity index (χ3n) is 3.83. The van der Waals surface area contributed by atoms with E-state index in [1.807, 2.05) is 4.90 Å². The van der Waals surface area contributed by atoms with Crippen LogP contribution >= 0.6 is 0 Å². The van der Waals surface area contributed by atoms with Crippen LogP contribution in [0.3, 0.4) is 0 Å². The number of nitrogens with two attached hydrogens (primary N) is 1. The number of piperidine rings is 2. The maximum atomic E-state index is 12.3. The van der Waals surface area contributed by atoms with Crippen molar-refractivity contribution >= 4 is 5.91 Å². The van der Waals surface area contributed by atoms with E-state index in [0.29, 0.717) is 11.9 Å². The Morgan fingerprint density at radius 1 is 1.19 bits per heavy atom. The van der Waals surface area contributed by atoms with Crippen molar-refractivity contribution in [3.8, 4) is 0 Å². The van der Waals surface area contributed by atoms with Gasteiger partial charge in [0.1, 0.15) is 0 Å². The fourth-order valence-electron chi connectivity index (χ4n) is 2.75. The summed E-state index contributed by atoms with van der Waals surface area (Å²) in [5.41, 5.74) is 5.85. The minimum Gasteiger partial charge on any atom is -0.342 e. The molecule has 0 radical (unpaired) electrons. The molecule has 92 valence electrons. The fraction of sp³-hybridized carbons (Fsp3) is 0.917. The quantitative estimate of drug-likeness (QED) is 0.697. The molecule has 0 saturated carbocycles. The molecule has 0 aromatic rings. The molecule has 0 spiro atoms. The topological polar surface area (TPSA) is 49.6 Å². The summed E-state index contributed by atoms with van der Waals surface area (Å²) < 4.78 is 0. The minimum atomic E-state index is 0.230. The highest BCUT2D eigenvalue weighted by atomic mass is 16.2. The average Bonchev–Trinajstić information content (AvgIpc) is 2.29. The van der Waals surface area contributed by atoms with Gasteiger partial charge < -0.3 is 15.5 Å². The molecule has 2 rings (SSSR count). The molecule has 2 N–H and O–H groups in total. The van der Waals surface area contributed by atoms with Gasteiger partial charge in [-0.2, -0.15) is 0 Å². The number of likely N-dealkylation sites (tertiary alicyclic amines) is 2. The van der Waals surface area contributed by atoms with Gasteiger partial charge in [0, 0.05) is 25.7 Å². The van der Waals surface area contributed by atoms with Crippen LogP contribution in [0.25, 0.3) is 0 Å². The second-order valence-electron chi connectivity index (χ2n) is 5.26. The lowest BCUT2D eigenvalue weighted by Gasteiger charge is -2.36. The van der Waals surface area contributed by atoms with Gasteiger partial charge in [-0.15, -0.1) is 0 Å². The van der Waals surface area contributed by atoms with E-state index < -0.39 is 0 Å². The molecule has 1 amide bonds. The first kappa shape index (κ1) is 11.9. The molecule has 16 heavy (non-hydrogen) atoms. The van der Waals surface area contributed by atoms with Gasteiger partial charge in [-0.3, -0.25) is 4.79 Å². The normalized spacial score (nSPS) is 29.4. The summed E-state index contributed by atoms with van der Waals surface area (Å²) in [6.07, 6.45) is 4.15. The highest BCUT2D eigenvalue weighted by Crippen LogP contribution is 2.19. The number of amides is 1. The zero-order valence-electron chi connectivity index (χ0n) is 10.2. The fourth-order valence-corrected chi connectivity index (χ4v) is 2.75. The van der Waals surface area contributed by atoms with Gasteiger partial charge in [0.05, 0.1) is 5.92 Å². The molecule has 2 aliphatic heterocycles. The number of rotatable bonds is 1. The number of carbonyl (C=O) groups excluding carboxylic acids is 1. The van der Waals surface area contributed by atoms with Crippen LogP contribution in [0.4, 0.5) is 0 Å². The number of hydrogen-bond donors (Lipinski definition) is 1. The summed E-state index contributed by atoms with van der Waals surface area (Å²) in [4.78, 5) is 16.6. The van der Waals surface area contributed by atoms with Crippen molar-refractivity contribution < 1.29 is 4.79 Å². The van der Waals surface area contributed by atoms with Crippen molar-refractivity contribution in [2.45, 2.75) is 31.7 Å². The monoisotopic (exact) mass is 225 g/mol. The molecule has 0 bridgehead atoms. The van der Waals surface area contributed by atoms with E-state index in [1.165, 1.54) is 0 Å². The summed E-state index contributed by atoms with van der Waals surface area (Å²) in [6.45, 7) is 3.79. The van der Waals surface area contributed by atoms with Gasteiger partial charge in [-0.1, -0.05) is 0 Å². The van der Waals surface area contributed by atoms with E-state index >= 15 is 0 Å².